The number of hydrogen-bond donors (Lipinski definition) is 0. The van der Waals surface area contributed by atoms with Gasteiger partial charge in [-0.3, -0.25) is 0 Å². The molecule has 14 rings (SSSR count). The molecule has 0 heteroatoms. The Labute approximate surface area is 445 Å². The Morgan fingerprint density at radius 1 is 0.105 bits per heavy atom. The fraction of sp³-hybridized carbons (Fsp3) is 0. The van der Waals surface area contributed by atoms with E-state index in [4.69, 9.17) is 0 Å². The standard InChI is InChI=1S/2C38H26/c1-3-13-27(14-4-1)29-17-11-19-31(25-29)37-33-21-7-9-23-35(33)38(36-24-10-8-22-34(36)37)32-20-12-18-30(26-32)28-15-5-2-6-16-28;1-3-11-27(12-4-1)29-19-23-31(24-20-29)37-33-15-7-9-17-35(33)38(36-18-10-8-16-34(36)37)32-25-21-30(22-26-32)28-13-5-2-6-14-28/h2*1-26H. The molecule has 0 aliphatic heterocycles. The van der Waals surface area contributed by atoms with Crippen molar-refractivity contribution in [3.63, 3.8) is 0 Å². The van der Waals surface area contributed by atoms with Gasteiger partial charge in [-0.25, -0.2) is 0 Å². The summed E-state index contributed by atoms with van der Waals surface area (Å²) in [6, 6.07) is 114. The van der Waals surface area contributed by atoms with E-state index in [1.807, 2.05) is 0 Å². The molecule has 76 heavy (non-hydrogen) atoms. The maximum Gasteiger partial charge on any atom is -0.00262 e. The van der Waals surface area contributed by atoms with Gasteiger partial charge >= 0.3 is 0 Å². The van der Waals surface area contributed by atoms with E-state index in [-0.39, 0.29) is 0 Å². The van der Waals surface area contributed by atoms with Gasteiger partial charge in [-0.05, 0) is 144 Å². The molecule has 356 valence electrons. The molecule has 0 radical (unpaired) electrons. The molecule has 0 fully saturated rings. The summed E-state index contributed by atoms with van der Waals surface area (Å²) in [5, 5.41) is 10.2. The van der Waals surface area contributed by atoms with E-state index >= 15 is 0 Å². The molecular weight excluding hydrogens is 913 g/mol. The topological polar surface area (TPSA) is 0 Å². The van der Waals surface area contributed by atoms with Crippen LogP contribution in [0.25, 0.3) is 132 Å². The van der Waals surface area contributed by atoms with Gasteiger partial charge in [0.2, 0.25) is 0 Å². The largest absolute Gasteiger partial charge is 0.0622 e. The van der Waals surface area contributed by atoms with Crippen LogP contribution in [0, 0.1) is 0 Å². The summed E-state index contributed by atoms with van der Waals surface area (Å²) in [6.07, 6.45) is 0. The van der Waals surface area contributed by atoms with E-state index in [1.165, 1.54) is 132 Å². The second kappa shape index (κ2) is 20.6. The molecular formula is C76H52. The van der Waals surface area contributed by atoms with E-state index < -0.39 is 0 Å². The minimum Gasteiger partial charge on any atom is -0.0622 e. The van der Waals surface area contributed by atoms with Gasteiger partial charge in [-0.1, -0.05) is 303 Å². The molecule has 14 aromatic rings. The van der Waals surface area contributed by atoms with Crippen LogP contribution in [0.4, 0.5) is 0 Å². The van der Waals surface area contributed by atoms with Crippen molar-refractivity contribution in [1.82, 2.24) is 0 Å². The lowest BCUT2D eigenvalue weighted by Gasteiger charge is -2.18. The van der Waals surface area contributed by atoms with E-state index in [2.05, 4.69) is 315 Å². The Morgan fingerprint density at radius 3 is 0.539 bits per heavy atom. The average molecular weight is 965 g/mol. The molecule has 0 aromatic heterocycles. The molecule has 0 spiro atoms. The first kappa shape index (κ1) is 45.9. The third-order valence-corrected chi connectivity index (χ3v) is 14.9. The van der Waals surface area contributed by atoms with Gasteiger partial charge < -0.3 is 0 Å². The number of fused-ring (bicyclic) bond motifs is 4. The first-order valence-corrected chi connectivity index (χ1v) is 26.2. The van der Waals surface area contributed by atoms with Crippen molar-refractivity contribution in [3.8, 4) is 89.0 Å². The lowest BCUT2D eigenvalue weighted by Crippen LogP contribution is -1.91. The highest BCUT2D eigenvalue weighted by Crippen LogP contribution is 2.46. The number of rotatable bonds is 8. The monoisotopic (exact) mass is 964 g/mol. The first-order valence-electron chi connectivity index (χ1n) is 26.2. The van der Waals surface area contributed by atoms with E-state index in [0.29, 0.717) is 0 Å². The Kier molecular flexibility index (Phi) is 12.4. The normalized spacial score (nSPS) is 11.2. The first-order chi connectivity index (χ1) is 37.7. The minimum atomic E-state index is 1.23. The molecule has 0 N–H and O–H groups in total. The van der Waals surface area contributed by atoms with Crippen LogP contribution in [-0.2, 0) is 0 Å². The molecule has 0 bridgehead atoms. The van der Waals surface area contributed by atoms with Crippen LogP contribution >= 0.6 is 0 Å². The number of benzene rings is 14. The Bertz CT molecular complexity index is 3930. The zero-order valence-electron chi connectivity index (χ0n) is 42.0. The summed E-state index contributed by atoms with van der Waals surface area (Å²) in [5.41, 5.74) is 20.0. The van der Waals surface area contributed by atoms with Crippen LogP contribution in [0.15, 0.2) is 315 Å². The molecule has 0 aliphatic rings. The van der Waals surface area contributed by atoms with Crippen molar-refractivity contribution in [2.24, 2.45) is 0 Å². The molecule has 14 aromatic carbocycles. The van der Waals surface area contributed by atoms with Gasteiger partial charge in [0.05, 0.1) is 0 Å². The predicted octanol–water partition coefficient (Wildman–Crippen LogP) is 21.3. The zero-order chi connectivity index (χ0) is 50.6. The predicted molar refractivity (Wildman–Crippen MR) is 326 cm³/mol. The molecule has 0 saturated carbocycles. The van der Waals surface area contributed by atoms with Crippen molar-refractivity contribution in [1.29, 1.82) is 0 Å². The highest BCUT2D eigenvalue weighted by molar-refractivity contribution is 6.23. The Hall–Kier alpha value is -9.88. The van der Waals surface area contributed by atoms with Crippen molar-refractivity contribution >= 4 is 43.1 Å². The van der Waals surface area contributed by atoms with Gasteiger partial charge in [-0.2, -0.15) is 0 Å². The summed E-state index contributed by atoms with van der Waals surface area (Å²) in [5.74, 6) is 0. The van der Waals surface area contributed by atoms with Crippen LogP contribution in [0.1, 0.15) is 0 Å². The average Bonchev–Trinajstić information content (AvgIpc) is 3.55. The van der Waals surface area contributed by atoms with Crippen LogP contribution < -0.4 is 0 Å². The zero-order valence-corrected chi connectivity index (χ0v) is 42.0. The highest BCUT2D eigenvalue weighted by atomic mass is 14.2. The molecule has 0 aliphatic carbocycles. The molecule has 0 nitrogen and oxygen atoms in total. The van der Waals surface area contributed by atoms with Gasteiger partial charge in [0.25, 0.3) is 0 Å². The summed E-state index contributed by atoms with van der Waals surface area (Å²) in [7, 11) is 0. The van der Waals surface area contributed by atoms with Gasteiger partial charge in [0.15, 0.2) is 0 Å². The molecule has 0 unspecified atom stereocenters. The summed E-state index contributed by atoms with van der Waals surface area (Å²) in [6.45, 7) is 0. The van der Waals surface area contributed by atoms with Crippen LogP contribution in [0.2, 0.25) is 0 Å². The lowest BCUT2D eigenvalue weighted by atomic mass is 9.85. The van der Waals surface area contributed by atoms with E-state index in [9.17, 15) is 0 Å². The third-order valence-electron chi connectivity index (χ3n) is 14.9. The fourth-order valence-electron chi connectivity index (χ4n) is 11.4. The SMILES string of the molecule is c1ccc(-c2ccc(-c3c4ccccc4c(-c4ccc(-c5ccccc5)cc4)c4ccccc34)cc2)cc1.c1ccc(-c2cccc(-c3c4ccccc4c(-c4cccc(-c5ccccc5)c4)c4ccccc34)c2)cc1. The van der Waals surface area contributed by atoms with Crippen molar-refractivity contribution in [3.05, 3.63) is 315 Å². The molecule has 0 saturated heterocycles. The molecule has 0 atom stereocenters. The second-order valence-corrected chi connectivity index (χ2v) is 19.5. The van der Waals surface area contributed by atoms with Crippen LogP contribution in [0.3, 0.4) is 0 Å². The molecule has 0 amide bonds. The maximum absolute atomic E-state index is 2.33. The lowest BCUT2D eigenvalue weighted by molar-refractivity contribution is 1.60. The summed E-state index contributed by atoms with van der Waals surface area (Å²) >= 11 is 0. The van der Waals surface area contributed by atoms with Crippen LogP contribution in [0.5, 0.6) is 0 Å². The third kappa shape index (κ3) is 8.83. The van der Waals surface area contributed by atoms with Crippen LogP contribution in [-0.4, -0.2) is 0 Å². The summed E-state index contributed by atoms with van der Waals surface area (Å²) in [4.78, 5) is 0. The Balaban J connectivity index is 0.000000146. The van der Waals surface area contributed by atoms with Crippen molar-refractivity contribution < 1.29 is 0 Å². The van der Waals surface area contributed by atoms with E-state index in [1.54, 1.807) is 0 Å². The van der Waals surface area contributed by atoms with Gasteiger partial charge in [0.1, 0.15) is 0 Å². The fourth-order valence-corrected chi connectivity index (χ4v) is 11.4. The van der Waals surface area contributed by atoms with Crippen molar-refractivity contribution in [2.45, 2.75) is 0 Å². The second-order valence-electron chi connectivity index (χ2n) is 19.5. The minimum absolute atomic E-state index is 1.23. The Morgan fingerprint density at radius 2 is 0.276 bits per heavy atom. The quantitative estimate of drug-likeness (QED) is 0.133. The summed E-state index contributed by atoms with van der Waals surface area (Å²) < 4.78 is 0. The molecule has 0 heterocycles. The van der Waals surface area contributed by atoms with Gasteiger partial charge in [-0.15, -0.1) is 0 Å². The number of hydrogen-bond acceptors (Lipinski definition) is 0. The smallest absolute Gasteiger partial charge is 0.00262 e. The van der Waals surface area contributed by atoms with Crippen molar-refractivity contribution in [2.75, 3.05) is 0 Å². The van der Waals surface area contributed by atoms with Gasteiger partial charge in [0, 0.05) is 0 Å². The maximum atomic E-state index is 2.33. The van der Waals surface area contributed by atoms with E-state index in [0.717, 1.165) is 0 Å². The highest BCUT2D eigenvalue weighted by Gasteiger charge is 2.19.